The minimum atomic E-state index is -3.58. The topological polar surface area (TPSA) is 107 Å². The van der Waals surface area contributed by atoms with E-state index >= 15 is 0 Å². The fraction of sp³-hybridized carbons (Fsp3) is 0.533. The van der Waals surface area contributed by atoms with E-state index in [1.54, 1.807) is 0 Å². The highest BCUT2D eigenvalue weighted by Crippen LogP contribution is 2.24. The maximum Gasteiger partial charge on any atom is 0.317 e. The third-order valence-corrected chi connectivity index (χ3v) is 5.42. The van der Waals surface area contributed by atoms with Gasteiger partial charge in [0.1, 0.15) is 17.3 Å². The standard InChI is InChI=1S/C15H20N4O4S/c1-10-7-11(2)18-15(17-10)23-13-5-3-12(4-6-13)19-24(20,21)14-8-16-22-9-14/h7-9,12-13,19H,3-6H2,1-2H3. The average Bonchev–Trinajstić information content (AvgIpc) is 3.03. The molecule has 1 saturated carbocycles. The van der Waals surface area contributed by atoms with Gasteiger partial charge >= 0.3 is 6.01 Å². The van der Waals surface area contributed by atoms with Crippen molar-refractivity contribution in [3.05, 3.63) is 29.9 Å². The minimum Gasteiger partial charge on any atom is -0.460 e. The van der Waals surface area contributed by atoms with Crippen molar-refractivity contribution in [3.8, 4) is 6.01 Å². The highest BCUT2D eigenvalue weighted by Gasteiger charge is 2.27. The van der Waals surface area contributed by atoms with Crippen LogP contribution < -0.4 is 9.46 Å². The Labute approximate surface area is 140 Å². The number of hydrogen-bond donors (Lipinski definition) is 1. The van der Waals surface area contributed by atoms with E-state index in [9.17, 15) is 8.42 Å². The van der Waals surface area contributed by atoms with Gasteiger partial charge in [0.2, 0.25) is 10.0 Å². The van der Waals surface area contributed by atoms with E-state index in [1.807, 2.05) is 19.9 Å². The number of aromatic nitrogens is 3. The molecular weight excluding hydrogens is 332 g/mol. The molecule has 1 aliphatic rings. The van der Waals surface area contributed by atoms with Gasteiger partial charge in [0.25, 0.3) is 0 Å². The maximum absolute atomic E-state index is 12.1. The first-order valence-electron chi connectivity index (χ1n) is 7.83. The molecule has 8 nitrogen and oxygen atoms in total. The van der Waals surface area contributed by atoms with Crippen LogP contribution >= 0.6 is 0 Å². The zero-order chi connectivity index (χ0) is 17.2. The molecule has 130 valence electrons. The molecule has 2 heterocycles. The van der Waals surface area contributed by atoms with E-state index in [-0.39, 0.29) is 17.0 Å². The summed E-state index contributed by atoms with van der Waals surface area (Å²) in [4.78, 5) is 8.60. The largest absolute Gasteiger partial charge is 0.460 e. The summed E-state index contributed by atoms with van der Waals surface area (Å²) < 4.78 is 37.4. The molecule has 1 N–H and O–H groups in total. The molecule has 0 radical (unpaired) electrons. The van der Waals surface area contributed by atoms with E-state index in [4.69, 9.17) is 4.74 Å². The zero-order valence-corrected chi connectivity index (χ0v) is 14.4. The number of rotatable bonds is 5. The molecular formula is C15H20N4O4S. The number of hydrogen-bond acceptors (Lipinski definition) is 7. The van der Waals surface area contributed by atoms with Crippen LogP contribution in [-0.2, 0) is 10.0 Å². The third kappa shape index (κ3) is 4.09. The summed E-state index contributed by atoms with van der Waals surface area (Å²) in [5.41, 5.74) is 1.74. The van der Waals surface area contributed by atoms with Crippen LogP contribution in [0.2, 0.25) is 0 Å². The lowest BCUT2D eigenvalue weighted by atomic mass is 9.94. The molecule has 0 saturated heterocycles. The number of nitrogens with zero attached hydrogens (tertiary/aromatic N) is 3. The second kappa shape index (κ2) is 6.86. The molecule has 1 aliphatic carbocycles. The maximum atomic E-state index is 12.1. The van der Waals surface area contributed by atoms with Crippen LogP contribution in [0.5, 0.6) is 6.01 Å². The fourth-order valence-electron chi connectivity index (χ4n) is 2.81. The van der Waals surface area contributed by atoms with Gasteiger partial charge in [-0.25, -0.2) is 23.1 Å². The van der Waals surface area contributed by atoms with Crippen LogP contribution in [0.3, 0.4) is 0 Å². The van der Waals surface area contributed by atoms with Gasteiger partial charge in [-0.05, 0) is 45.6 Å². The van der Waals surface area contributed by atoms with Gasteiger partial charge in [-0.3, -0.25) is 0 Å². The smallest absolute Gasteiger partial charge is 0.317 e. The van der Waals surface area contributed by atoms with Crippen LogP contribution in [0.4, 0.5) is 0 Å². The summed E-state index contributed by atoms with van der Waals surface area (Å²) >= 11 is 0. The molecule has 0 bridgehead atoms. The number of aryl methyl sites for hydroxylation is 2. The summed E-state index contributed by atoms with van der Waals surface area (Å²) in [5.74, 6) is 0. The van der Waals surface area contributed by atoms with Gasteiger partial charge in [-0.15, -0.1) is 0 Å². The van der Waals surface area contributed by atoms with E-state index < -0.39 is 10.0 Å². The minimum absolute atomic E-state index is 0.00236. The molecule has 0 aliphatic heterocycles. The molecule has 2 aromatic heterocycles. The van der Waals surface area contributed by atoms with Crippen LogP contribution in [0.1, 0.15) is 37.1 Å². The predicted molar refractivity (Wildman–Crippen MR) is 85.0 cm³/mol. The summed E-state index contributed by atoms with van der Waals surface area (Å²) in [6, 6.07) is 2.16. The Morgan fingerprint density at radius 2 is 1.83 bits per heavy atom. The van der Waals surface area contributed by atoms with E-state index in [0.717, 1.165) is 30.5 Å². The molecule has 24 heavy (non-hydrogen) atoms. The van der Waals surface area contributed by atoms with Crippen LogP contribution in [-0.4, -0.2) is 35.7 Å². The van der Waals surface area contributed by atoms with Gasteiger partial charge in [-0.2, -0.15) is 0 Å². The fourth-order valence-corrected chi connectivity index (χ4v) is 3.97. The SMILES string of the molecule is Cc1cc(C)nc(OC2CCC(NS(=O)(=O)c3cnoc3)CC2)n1. The van der Waals surface area contributed by atoms with Gasteiger partial charge < -0.3 is 9.26 Å². The van der Waals surface area contributed by atoms with Crippen molar-refractivity contribution in [2.75, 3.05) is 0 Å². The Kier molecular flexibility index (Phi) is 4.81. The molecule has 3 rings (SSSR count). The zero-order valence-electron chi connectivity index (χ0n) is 13.6. The highest BCUT2D eigenvalue weighted by molar-refractivity contribution is 7.89. The van der Waals surface area contributed by atoms with Crippen molar-refractivity contribution in [2.24, 2.45) is 0 Å². The predicted octanol–water partition coefficient (Wildman–Crippen LogP) is 1.75. The molecule has 1 fully saturated rings. The lowest BCUT2D eigenvalue weighted by Gasteiger charge is -2.28. The average molecular weight is 352 g/mol. The number of nitrogens with one attached hydrogen (secondary N) is 1. The molecule has 0 spiro atoms. The lowest BCUT2D eigenvalue weighted by Crippen LogP contribution is -2.39. The van der Waals surface area contributed by atoms with Crippen LogP contribution in [0.15, 0.2) is 27.9 Å². The summed E-state index contributed by atoms with van der Waals surface area (Å²) in [5, 5.41) is 3.43. The van der Waals surface area contributed by atoms with E-state index in [0.29, 0.717) is 18.9 Å². The molecule has 9 heteroatoms. The number of ether oxygens (including phenoxy) is 1. The first-order chi connectivity index (χ1) is 11.4. The second-order valence-electron chi connectivity index (χ2n) is 6.01. The Bertz CT molecular complexity index is 764. The van der Waals surface area contributed by atoms with Gasteiger partial charge in [0, 0.05) is 17.4 Å². The van der Waals surface area contributed by atoms with Crippen molar-refractivity contribution < 1.29 is 17.7 Å². The van der Waals surface area contributed by atoms with Gasteiger partial charge in [-0.1, -0.05) is 5.16 Å². The van der Waals surface area contributed by atoms with Gasteiger partial charge in [0.15, 0.2) is 0 Å². The van der Waals surface area contributed by atoms with Crippen LogP contribution in [0, 0.1) is 13.8 Å². The Balaban J connectivity index is 1.54. The van der Waals surface area contributed by atoms with Gasteiger partial charge in [0.05, 0.1) is 6.20 Å². The van der Waals surface area contributed by atoms with Crippen molar-refractivity contribution in [1.29, 1.82) is 0 Å². The van der Waals surface area contributed by atoms with Crippen molar-refractivity contribution >= 4 is 10.0 Å². The number of sulfonamides is 1. The third-order valence-electron chi connectivity index (χ3n) is 3.95. The van der Waals surface area contributed by atoms with Crippen molar-refractivity contribution in [2.45, 2.75) is 56.6 Å². The summed E-state index contributed by atoms with van der Waals surface area (Å²) in [6.45, 7) is 3.80. The molecule has 2 aromatic rings. The highest BCUT2D eigenvalue weighted by atomic mass is 32.2. The lowest BCUT2D eigenvalue weighted by molar-refractivity contribution is 0.131. The monoisotopic (exact) mass is 352 g/mol. The first kappa shape index (κ1) is 16.8. The summed E-state index contributed by atoms with van der Waals surface area (Å²) in [6.07, 6.45) is 5.19. The Hall–Kier alpha value is -2.00. The Morgan fingerprint density at radius 3 is 2.42 bits per heavy atom. The quantitative estimate of drug-likeness (QED) is 0.873. The molecule has 0 unspecified atom stereocenters. The molecule has 0 atom stereocenters. The second-order valence-corrected chi connectivity index (χ2v) is 7.72. The van der Waals surface area contributed by atoms with E-state index in [2.05, 4.69) is 24.4 Å². The van der Waals surface area contributed by atoms with Crippen molar-refractivity contribution in [1.82, 2.24) is 19.8 Å². The van der Waals surface area contributed by atoms with E-state index in [1.165, 1.54) is 6.20 Å². The molecule has 0 aromatic carbocycles. The summed E-state index contributed by atoms with van der Waals surface area (Å²) in [7, 11) is -3.58. The Morgan fingerprint density at radius 1 is 1.17 bits per heavy atom. The first-order valence-corrected chi connectivity index (χ1v) is 9.31. The normalized spacial score (nSPS) is 21.6. The van der Waals surface area contributed by atoms with Crippen LogP contribution in [0.25, 0.3) is 0 Å². The van der Waals surface area contributed by atoms with Crippen molar-refractivity contribution in [3.63, 3.8) is 0 Å². The molecule has 0 amide bonds.